The molecule has 2 aromatic rings. The number of carbonyl (C=O) groups excluding carboxylic acids is 1. The maximum Gasteiger partial charge on any atom is 0.220 e. The summed E-state index contributed by atoms with van der Waals surface area (Å²) in [4.78, 5) is 11.7. The van der Waals surface area contributed by atoms with Crippen molar-refractivity contribution in [2.45, 2.75) is 24.8 Å². The molecule has 0 radical (unpaired) electrons. The number of amides is 1. The average Bonchev–Trinajstić information content (AvgIpc) is 2.81. The second-order valence-electron chi connectivity index (χ2n) is 5.23. The molecular formula is C17H16FNO. The summed E-state index contributed by atoms with van der Waals surface area (Å²) >= 11 is 0. The van der Waals surface area contributed by atoms with E-state index >= 15 is 0 Å². The molecule has 0 bridgehead atoms. The van der Waals surface area contributed by atoms with Gasteiger partial charge < -0.3 is 5.32 Å². The average molecular weight is 269 g/mol. The fraction of sp³-hybridized carbons (Fsp3) is 0.235. The van der Waals surface area contributed by atoms with Crippen molar-refractivity contribution in [1.29, 1.82) is 0 Å². The van der Waals surface area contributed by atoms with Crippen LogP contribution in [0.3, 0.4) is 0 Å². The van der Waals surface area contributed by atoms with Gasteiger partial charge in [-0.25, -0.2) is 4.39 Å². The lowest BCUT2D eigenvalue weighted by molar-refractivity contribution is -0.119. The molecule has 1 heterocycles. The first kappa shape index (κ1) is 12.9. The number of nitrogens with one attached hydrogen (secondary N) is 1. The highest BCUT2D eigenvalue weighted by Gasteiger charge is 2.33. The molecule has 0 spiro atoms. The van der Waals surface area contributed by atoms with Gasteiger partial charge in [0.2, 0.25) is 5.91 Å². The lowest BCUT2D eigenvalue weighted by atomic mass is 9.88. The van der Waals surface area contributed by atoms with Gasteiger partial charge in [-0.2, -0.15) is 0 Å². The largest absolute Gasteiger partial charge is 0.352 e. The number of hydrogen-bond acceptors (Lipinski definition) is 1. The van der Waals surface area contributed by atoms with E-state index in [-0.39, 0.29) is 23.7 Å². The number of halogens is 1. The maximum absolute atomic E-state index is 13.4. The van der Waals surface area contributed by atoms with Gasteiger partial charge in [0, 0.05) is 18.4 Å². The van der Waals surface area contributed by atoms with Gasteiger partial charge in [-0.1, -0.05) is 42.5 Å². The van der Waals surface area contributed by atoms with Crippen LogP contribution in [0.1, 0.15) is 23.5 Å². The minimum absolute atomic E-state index is 0.0340. The molecule has 1 N–H and O–H groups in total. The third-order valence-corrected chi connectivity index (χ3v) is 3.81. The number of hydrogen-bond donors (Lipinski definition) is 1. The fourth-order valence-electron chi connectivity index (χ4n) is 2.86. The molecule has 0 aromatic heterocycles. The van der Waals surface area contributed by atoms with Crippen molar-refractivity contribution in [3.05, 3.63) is 71.5 Å². The summed E-state index contributed by atoms with van der Waals surface area (Å²) in [5.74, 6) is -0.168. The monoisotopic (exact) mass is 269 g/mol. The lowest BCUT2D eigenvalue weighted by Gasteiger charge is -2.19. The highest BCUT2D eigenvalue weighted by molar-refractivity contribution is 5.80. The van der Waals surface area contributed by atoms with Crippen LogP contribution in [0.2, 0.25) is 0 Å². The first-order valence-electron chi connectivity index (χ1n) is 6.81. The highest BCUT2D eigenvalue weighted by atomic mass is 19.1. The number of benzene rings is 2. The van der Waals surface area contributed by atoms with Crippen LogP contribution in [0.4, 0.5) is 4.39 Å². The molecule has 2 unspecified atom stereocenters. The van der Waals surface area contributed by atoms with Crippen molar-refractivity contribution >= 4 is 5.91 Å². The molecule has 1 amide bonds. The number of rotatable bonds is 3. The van der Waals surface area contributed by atoms with E-state index in [0.717, 1.165) is 12.0 Å². The Morgan fingerprint density at radius 3 is 2.65 bits per heavy atom. The first-order valence-corrected chi connectivity index (χ1v) is 6.81. The van der Waals surface area contributed by atoms with Crippen LogP contribution in [-0.2, 0) is 11.2 Å². The molecule has 1 aliphatic heterocycles. The van der Waals surface area contributed by atoms with Crippen LogP contribution >= 0.6 is 0 Å². The predicted octanol–water partition coefficient (Wildman–Crippen LogP) is 3.04. The van der Waals surface area contributed by atoms with Gasteiger partial charge in [0.1, 0.15) is 5.82 Å². The molecule has 1 aliphatic rings. The van der Waals surface area contributed by atoms with E-state index in [4.69, 9.17) is 0 Å². The Balaban J connectivity index is 1.83. The lowest BCUT2D eigenvalue weighted by Crippen LogP contribution is -2.30. The van der Waals surface area contributed by atoms with Gasteiger partial charge >= 0.3 is 0 Å². The van der Waals surface area contributed by atoms with E-state index in [2.05, 4.69) is 5.32 Å². The van der Waals surface area contributed by atoms with Crippen LogP contribution in [0, 0.1) is 5.82 Å². The summed E-state index contributed by atoms with van der Waals surface area (Å²) in [6, 6.07) is 16.6. The van der Waals surface area contributed by atoms with Gasteiger partial charge in [-0.3, -0.25) is 4.79 Å². The Morgan fingerprint density at radius 1 is 1.10 bits per heavy atom. The van der Waals surface area contributed by atoms with E-state index in [9.17, 15) is 9.18 Å². The van der Waals surface area contributed by atoms with Crippen LogP contribution in [-0.4, -0.2) is 11.9 Å². The van der Waals surface area contributed by atoms with Crippen molar-refractivity contribution in [1.82, 2.24) is 5.32 Å². The fourth-order valence-corrected chi connectivity index (χ4v) is 2.86. The molecule has 3 rings (SSSR count). The quantitative estimate of drug-likeness (QED) is 0.911. The van der Waals surface area contributed by atoms with Crippen LogP contribution in [0.25, 0.3) is 0 Å². The van der Waals surface area contributed by atoms with Gasteiger partial charge in [0.15, 0.2) is 0 Å². The summed E-state index contributed by atoms with van der Waals surface area (Å²) < 4.78 is 13.4. The minimum atomic E-state index is -0.250. The van der Waals surface area contributed by atoms with E-state index in [1.807, 2.05) is 36.4 Å². The molecule has 2 atom stereocenters. The summed E-state index contributed by atoms with van der Waals surface area (Å²) in [5, 5.41) is 3.01. The summed E-state index contributed by atoms with van der Waals surface area (Å²) in [5.41, 5.74) is 2.07. The normalized spacial score (nSPS) is 21.8. The SMILES string of the molecule is O=C1CC(c2cccc(F)c2)C(Cc2ccccc2)N1. The molecule has 3 heteroatoms. The molecule has 1 saturated heterocycles. The zero-order valence-corrected chi connectivity index (χ0v) is 11.1. The van der Waals surface area contributed by atoms with E-state index < -0.39 is 0 Å². The Bertz CT molecular complexity index is 611. The van der Waals surface area contributed by atoms with Gasteiger partial charge in [0.05, 0.1) is 0 Å². The maximum atomic E-state index is 13.4. The second kappa shape index (κ2) is 5.45. The van der Waals surface area contributed by atoms with Gasteiger partial charge in [-0.15, -0.1) is 0 Å². The summed E-state index contributed by atoms with van der Waals surface area (Å²) in [6.07, 6.45) is 1.20. The third-order valence-electron chi connectivity index (χ3n) is 3.81. The smallest absolute Gasteiger partial charge is 0.220 e. The minimum Gasteiger partial charge on any atom is -0.352 e. The Hall–Kier alpha value is -2.16. The van der Waals surface area contributed by atoms with Crippen LogP contribution in [0.5, 0.6) is 0 Å². The van der Waals surface area contributed by atoms with Crippen molar-refractivity contribution in [3.63, 3.8) is 0 Å². The Kier molecular flexibility index (Phi) is 3.50. The summed E-state index contributed by atoms with van der Waals surface area (Å²) in [7, 11) is 0. The van der Waals surface area contributed by atoms with E-state index in [1.54, 1.807) is 6.07 Å². The third kappa shape index (κ3) is 2.72. The highest BCUT2D eigenvalue weighted by Crippen LogP contribution is 2.30. The molecule has 102 valence electrons. The molecule has 0 aliphatic carbocycles. The molecule has 0 saturated carbocycles. The van der Waals surface area contributed by atoms with Gasteiger partial charge in [-0.05, 0) is 29.7 Å². The van der Waals surface area contributed by atoms with E-state index in [0.29, 0.717) is 6.42 Å². The zero-order chi connectivity index (χ0) is 13.9. The van der Waals surface area contributed by atoms with Crippen molar-refractivity contribution < 1.29 is 9.18 Å². The zero-order valence-electron chi connectivity index (χ0n) is 11.1. The molecule has 2 aromatic carbocycles. The predicted molar refractivity (Wildman–Crippen MR) is 75.8 cm³/mol. The van der Waals surface area contributed by atoms with Crippen LogP contribution < -0.4 is 5.32 Å². The van der Waals surface area contributed by atoms with Gasteiger partial charge in [0.25, 0.3) is 0 Å². The van der Waals surface area contributed by atoms with Crippen LogP contribution in [0.15, 0.2) is 54.6 Å². The van der Waals surface area contributed by atoms with Crippen molar-refractivity contribution in [2.24, 2.45) is 0 Å². The van der Waals surface area contributed by atoms with E-state index in [1.165, 1.54) is 17.7 Å². The standard InChI is InChI=1S/C17H16FNO/c18-14-8-4-7-13(10-14)15-11-17(20)19-16(15)9-12-5-2-1-3-6-12/h1-8,10,15-16H,9,11H2,(H,19,20). The Morgan fingerprint density at radius 2 is 1.90 bits per heavy atom. The first-order chi connectivity index (χ1) is 9.72. The molecule has 2 nitrogen and oxygen atoms in total. The summed E-state index contributed by atoms with van der Waals surface area (Å²) in [6.45, 7) is 0. The van der Waals surface area contributed by atoms with Crippen molar-refractivity contribution in [3.8, 4) is 0 Å². The second-order valence-corrected chi connectivity index (χ2v) is 5.23. The molecule has 20 heavy (non-hydrogen) atoms. The number of carbonyl (C=O) groups is 1. The van der Waals surface area contributed by atoms with Crippen molar-refractivity contribution in [2.75, 3.05) is 0 Å². The topological polar surface area (TPSA) is 29.1 Å². The Labute approximate surface area is 117 Å². The molecular weight excluding hydrogens is 253 g/mol. The molecule has 1 fully saturated rings.